The standard InChI is InChI=1S/C18H23ClN4O3S/c1-2-15(23-13-14(19)12-20-23)9-10-21-27(25,26)17-7-5-16(6-8-17)22-11-3-4-18(22)24/h5-8,12-13,15,21H,2-4,9-11H2,1H3/t15-/m0/s1. The zero-order valence-electron chi connectivity index (χ0n) is 15.1. The molecule has 0 spiro atoms. The number of nitrogens with zero attached hydrogens (tertiary/aromatic N) is 3. The molecule has 1 aliphatic heterocycles. The van der Waals surface area contributed by atoms with Gasteiger partial charge in [-0.2, -0.15) is 5.10 Å². The Kier molecular flexibility index (Phi) is 6.18. The van der Waals surface area contributed by atoms with Crippen molar-refractivity contribution in [2.24, 2.45) is 0 Å². The lowest BCUT2D eigenvalue weighted by molar-refractivity contribution is -0.117. The highest BCUT2D eigenvalue weighted by Gasteiger charge is 2.22. The summed E-state index contributed by atoms with van der Waals surface area (Å²) >= 11 is 5.90. The highest BCUT2D eigenvalue weighted by atomic mass is 35.5. The summed E-state index contributed by atoms with van der Waals surface area (Å²) in [5.74, 6) is 0.0769. The fourth-order valence-electron chi connectivity index (χ4n) is 3.21. The molecule has 2 aromatic rings. The molecule has 0 bridgehead atoms. The van der Waals surface area contributed by atoms with Gasteiger partial charge in [-0.25, -0.2) is 13.1 Å². The molecule has 0 aliphatic carbocycles. The predicted octanol–water partition coefficient (Wildman–Crippen LogP) is 2.98. The number of rotatable bonds is 8. The summed E-state index contributed by atoms with van der Waals surface area (Å²) in [5.41, 5.74) is 0.734. The van der Waals surface area contributed by atoms with E-state index >= 15 is 0 Å². The van der Waals surface area contributed by atoms with E-state index in [0.29, 0.717) is 31.0 Å². The number of carbonyl (C=O) groups excluding carboxylic acids is 1. The maximum absolute atomic E-state index is 12.5. The molecular formula is C18H23ClN4O3S. The molecule has 1 aromatic heterocycles. The molecule has 0 saturated carbocycles. The number of benzene rings is 1. The first-order chi connectivity index (χ1) is 12.9. The third kappa shape index (κ3) is 4.69. The Labute approximate surface area is 164 Å². The number of halogens is 1. The summed E-state index contributed by atoms with van der Waals surface area (Å²) in [6.45, 7) is 3.00. The minimum atomic E-state index is -3.60. The van der Waals surface area contributed by atoms with Crippen LogP contribution in [0.4, 0.5) is 5.69 Å². The minimum absolute atomic E-state index is 0.0729. The summed E-state index contributed by atoms with van der Waals surface area (Å²) < 4.78 is 29.4. The van der Waals surface area contributed by atoms with E-state index in [0.717, 1.165) is 18.5 Å². The van der Waals surface area contributed by atoms with Crippen molar-refractivity contribution in [2.75, 3.05) is 18.0 Å². The Balaban J connectivity index is 1.60. The molecule has 1 saturated heterocycles. The zero-order chi connectivity index (χ0) is 19.4. The first-order valence-corrected chi connectivity index (χ1v) is 10.9. The number of amides is 1. The van der Waals surface area contributed by atoms with Crippen molar-refractivity contribution in [1.29, 1.82) is 0 Å². The number of nitrogens with one attached hydrogen (secondary N) is 1. The molecule has 1 atom stereocenters. The molecule has 7 nitrogen and oxygen atoms in total. The van der Waals surface area contributed by atoms with Crippen LogP contribution in [0, 0.1) is 0 Å². The smallest absolute Gasteiger partial charge is 0.240 e. The molecule has 1 fully saturated rings. The van der Waals surface area contributed by atoms with Gasteiger partial charge in [0.15, 0.2) is 0 Å². The molecule has 0 unspecified atom stereocenters. The summed E-state index contributed by atoms with van der Waals surface area (Å²) in [4.78, 5) is 13.7. The lowest BCUT2D eigenvalue weighted by atomic mass is 10.1. The van der Waals surface area contributed by atoms with Gasteiger partial charge in [0.1, 0.15) is 0 Å². The highest BCUT2D eigenvalue weighted by molar-refractivity contribution is 7.89. The molecule has 1 aromatic carbocycles. The van der Waals surface area contributed by atoms with Crippen LogP contribution in [0.25, 0.3) is 0 Å². The second-order valence-corrected chi connectivity index (χ2v) is 8.73. The van der Waals surface area contributed by atoms with Gasteiger partial charge < -0.3 is 4.90 Å². The number of aromatic nitrogens is 2. The molecule has 2 heterocycles. The first-order valence-electron chi connectivity index (χ1n) is 9.00. The topological polar surface area (TPSA) is 84.3 Å². The zero-order valence-corrected chi connectivity index (χ0v) is 16.7. The van der Waals surface area contributed by atoms with Crippen molar-refractivity contribution in [3.8, 4) is 0 Å². The van der Waals surface area contributed by atoms with Crippen molar-refractivity contribution >= 4 is 33.2 Å². The van der Waals surface area contributed by atoms with Crippen LogP contribution in [-0.4, -0.2) is 37.2 Å². The van der Waals surface area contributed by atoms with Gasteiger partial charge in [0.05, 0.1) is 22.2 Å². The fourth-order valence-corrected chi connectivity index (χ4v) is 4.40. The van der Waals surface area contributed by atoms with Crippen LogP contribution < -0.4 is 9.62 Å². The van der Waals surface area contributed by atoms with Crippen LogP contribution in [0.2, 0.25) is 5.02 Å². The Morgan fingerprint density at radius 2 is 2.04 bits per heavy atom. The van der Waals surface area contributed by atoms with E-state index in [2.05, 4.69) is 9.82 Å². The molecule has 1 amide bonds. The average Bonchev–Trinajstić information content (AvgIpc) is 3.27. The van der Waals surface area contributed by atoms with E-state index < -0.39 is 10.0 Å². The first kappa shape index (κ1) is 19.9. The van der Waals surface area contributed by atoms with Gasteiger partial charge in [0.2, 0.25) is 15.9 Å². The number of hydrogen-bond donors (Lipinski definition) is 1. The fraction of sp³-hybridized carbons (Fsp3) is 0.444. The van der Waals surface area contributed by atoms with Crippen LogP contribution >= 0.6 is 11.6 Å². The third-order valence-electron chi connectivity index (χ3n) is 4.72. The number of anilines is 1. The van der Waals surface area contributed by atoms with Crippen LogP contribution in [0.1, 0.15) is 38.6 Å². The summed E-state index contributed by atoms with van der Waals surface area (Å²) in [6, 6.07) is 6.50. The molecule has 1 N–H and O–H groups in total. The van der Waals surface area contributed by atoms with E-state index in [1.54, 1.807) is 34.1 Å². The quantitative estimate of drug-likeness (QED) is 0.725. The molecule has 3 rings (SSSR count). The maximum Gasteiger partial charge on any atom is 0.240 e. The van der Waals surface area contributed by atoms with Crippen LogP contribution in [0.3, 0.4) is 0 Å². The average molecular weight is 411 g/mol. The summed E-state index contributed by atoms with van der Waals surface area (Å²) in [6.07, 6.45) is 6.11. The Hall–Kier alpha value is -1.90. The van der Waals surface area contributed by atoms with Gasteiger partial charge in [-0.1, -0.05) is 18.5 Å². The van der Waals surface area contributed by atoms with E-state index in [4.69, 9.17) is 11.6 Å². The number of carbonyl (C=O) groups is 1. The SMILES string of the molecule is CC[C@@H](CCNS(=O)(=O)c1ccc(N2CCCC2=O)cc1)n1cc(Cl)cn1. The molecular weight excluding hydrogens is 388 g/mol. The Morgan fingerprint density at radius 3 is 2.59 bits per heavy atom. The van der Waals surface area contributed by atoms with E-state index in [-0.39, 0.29) is 16.8 Å². The lowest BCUT2D eigenvalue weighted by Crippen LogP contribution is -2.27. The van der Waals surface area contributed by atoms with Crippen LogP contribution in [0.15, 0.2) is 41.6 Å². The van der Waals surface area contributed by atoms with Crippen molar-refractivity contribution in [3.63, 3.8) is 0 Å². The van der Waals surface area contributed by atoms with Crippen LogP contribution in [0.5, 0.6) is 0 Å². The van der Waals surface area contributed by atoms with Gasteiger partial charge in [-0.05, 0) is 43.5 Å². The summed E-state index contributed by atoms with van der Waals surface area (Å²) in [5, 5.41) is 4.75. The predicted molar refractivity (Wildman–Crippen MR) is 104 cm³/mol. The molecule has 1 aliphatic rings. The molecule has 9 heteroatoms. The maximum atomic E-state index is 12.5. The third-order valence-corrected chi connectivity index (χ3v) is 6.39. The monoisotopic (exact) mass is 410 g/mol. The Morgan fingerprint density at radius 1 is 1.30 bits per heavy atom. The lowest BCUT2D eigenvalue weighted by Gasteiger charge is -2.17. The highest BCUT2D eigenvalue weighted by Crippen LogP contribution is 2.23. The van der Waals surface area contributed by atoms with E-state index in [1.165, 1.54) is 12.1 Å². The largest absolute Gasteiger partial charge is 0.312 e. The number of hydrogen-bond acceptors (Lipinski definition) is 4. The summed E-state index contributed by atoms with van der Waals surface area (Å²) in [7, 11) is -3.60. The molecule has 146 valence electrons. The van der Waals surface area contributed by atoms with Gasteiger partial charge in [0.25, 0.3) is 0 Å². The number of sulfonamides is 1. The van der Waals surface area contributed by atoms with Crippen molar-refractivity contribution in [1.82, 2.24) is 14.5 Å². The van der Waals surface area contributed by atoms with Gasteiger partial charge in [-0.15, -0.1) is 0 Å². The van der Waals surface area contributed by atoms with E-state index in [1.807, 2.05) is 6.92 Å². The molecule has 0 radical (unpaired) electrons. The van der Waals surface area contributed by atoms with Crippen molar-refractivity contribution in [2.45, 2.75) is 43.5 Å². The second kappa shape index (κ2) is 8.41. The Bertz CT molecular complexity index is 896. The van der Waals surface area contributed by atoms with Crippen molar-refractivity contribution < 1.29 is 13.2 Å². The van der Waals surface area contributed by atoms with Crippen LogP contribution in [-0.2, 0) is 14.8 Å². The van der Waals surface area contributed by atoms with Gasteiger partial charge in [0, 0.05) is 31.4 Å². The van der Waals surface area contributed by atoms with Crippen molar-refractivity contribution in [3.05, 3.63) is 41.7 Å². The molecule has 27 heavy (non-hydrogen) atoms. The van der Waals surface area contributed by atoms with Gasteiger partial charge >= 0.3 is 0 Å². The normalized spacial score (nSPS) is 16.1. The second-order valence-electron chi connectivity index (χ2n) is 6.53. The minimum Gasteiger partial charge on any atom is -0.312 e. The van der Waals surface area contributed by atoms with E-state index in [9.17, 15) is 13.2 Å². The van der Waals surface area contributed by atoms with Gasteiger partial charge in [-0.3, -0.25) is 9.48 Å².